The van der Waals surface area contributed by atoms with Gasteiger partial charge >= 0.3 is 75.6 Å². The van der Waals surface area contributed by atoms with Crippen molar-refractivity contribution in [3.8, 4) is 0 Å². The lowest BCUT2D eigenvalue weighted by Gasteiger charge is -2.50. The minimum atomic E-state index is -6.12. The van der Waals surface area contributed by atoms with Gasteiger partial charge in [0.1, 0.15) is 134 Å². The molecule has 0 aromatic rings. The maximum Gasteiger partial charge on any atom is 0.397 e. The topological polar surface area (TPSA) is 879 Å². The molecule has 0 radical (unpaired) electrons. The quantitative estimate of drug-likeness (QED) is 0.0309. The molecule has 0 spiro atoms. The van der Waals surface area contributed by atoms with Gasteiger partial charge < -0.3 is 153 Å². The van der Waals surface area contributed by atoms with Crippen molar-refractivity contribution >= 4 is 75.6 Å². The molecule has 7 rings (SSSR count). The van der Waals surface area contributed by atoms with Crippen LogP contribution in [0.15, 0.2) is 0 Å². The third-order valence-corrected chi connectivity index (χ3v) is 18.4. The summed E-state index contributed by atoms with van der Waals surface area (Å²) in [6, 6.07) is -8.27. The molecule has 7 saturated heterocycles. The Hall–Kier alpha value is -3.85. The molecule has 7 fully saturated rings. The summed E-state index contributed by atoms with van der Waals surface area (Å²) in [4.78, 5) is 49.8. The van der Waals surface area contributed by atoms with Crippen molar-refractivity contribution in [1.82, 2.24) is 14.2 Å². The second-order valence-electron chi connectivity index (χ2n) is 22.6. The SMILES string of the molecule is O=C(O)[C@H]1O[C@@H](O[C@H]2[C@H](O)[C@@H](NS(=O)(=O)O)[C@@H](O[C@H]3[C@H](O)[C@@H](OS(=O)(=O)O)[C@H](O[C@H]4[C@H](O)[C@@H](NS(=O)(=O)O)[C@@H](O[C@H]5[C@H](O)[C@@H](OS(=O)(=O)O)[C@H](O[C@H]6[C@H](O)[C@@H](NS(=O)(=O)O)[C@@H](O[C@H]7[C@H](O)[C@@H](O)[C@H](O)O[C@@H]7C(=O)O)O[C@@H]6CO)O[C@H]5C(=O)O)O[C@@H]4CO)O[C@H]3C(=O)O)O[C@@H]2CO)[C@H](O)[C@@H](O)[C@@H]1O. The number of aliphatic carboxylic acids is 4. The second kappa shape index (κ2) is 33.3. The molecule has 0 aromatic heterocycles. The minimum absolute atomic E-state index is 1.24. The van der Waals surface area contributed by atoms with Crippen molar-refractivity contribution in [2.45, 2.75) is 215 Å². The van der Waals surface area contributed by atoms with E-state index in [-0.39, 0.29) is 0 Å². The van der Waals surface area contributed by atoms with E-state index in [1.54, 1.807) is 0 Å². The van der Waals surface area contributed by atoms with Gasteiger partial charge in [-0.1, -0.05) is 0 Å². The van der Waals surface area contributed by atoms with Gasteiger partial charge in [-0.3, -0.25) is 22.8 Å². The first-order chi connectivity index (χ1) is 46.9. The molecule has 0 amide bonds. The van der Waals surface area contributed by atoms with Gasteiger partial charge in [0, 0.05) is 0 Å². The summed E-state index contributed by atoms with van der Waals surface area (Å²) < 4.78 is 255. The third-order valence-electron chi connectivity index (χ3n) is 15.8. The van der Waals surface area contributed by atoms with Crippen LogP contribution in [0.25, 0.3) is 0 Å². The zero-order valence-electron chi connectivity index (χ0n) is 50.0. The highest BCUT2D eigenvalue weighted by Crippen LogP contribution is 2.40. The zero-order valence-corrected chi connectivity index (χ0v) is 54.1. The van der Waals surface area contributed by atoms with Crippen LogP contribution in [-0.4, -0.2) is 415 Å². The van der Waals surface area contributed by atoms with Gasteiger partial charge in [0.2, 0.25) is 0 Å². The van der Waals surface area contributed by atoms with Crippen molar-refractivity contribution in [3.05, 3.63) is 0 Å². The Morgan fingerprint density at radius 1 is 0.294 bits per heavy atom. The van der Waals surface area contributed by atoms with Gasteiger partial charge in [-0.05, 0) is 0 Å². The Morgan fingerprint density at radius 3 is 0.853 bits per heavy atom. The van der Waals surface area contributed by atoms with Gasteiger partial charge in [-0.2, -0.15) is 56.3 Å². The van der Waals surface area contributed by atoms with Crippen molar-refractivity contribution in [2.24, 2.45) is 0 Å². The number of aliphatic hydroxyl groups is 14. The number of carboxylic acids is 4. The molecule has 0 aromatic carbocycles. The number of hydrogen-bond donors (Lipinski definition) is 26. The first-order valence-electron chi connectivity index (χ1n) is 28.2. The predicted octanol–water partition coefficient (Wildman–Crippen LogP) is -18.1. The van der Waals surface area contributed by atoms with Gasteiger partial charge in [0.25, 0.3) is 0 Å². The fourth-order valence-corrected chi connectivity index (χ4v) is 14.1. The third kappa shape index (κ3) is 20.3. The standard InChI is InChI=1S/C42H67N3O52S5/c46-1-4-20(87-40-17(56)13(52)14(53)26(93-40)32(59)60)10(49)7(43-98(68,69)70)38(83-4)91-24-18(57)27(96-101(77,78)79)42(94-30(24)34(63)64)89-22-6(3-48)85-39(9(12(22)51)45-100(74,75)76)92-25-19(58)28(97-102(80,81)82)41(95-31(25)35(65)66)88-21-5(2-47)84-37(8(11(21)50)44-99(71,72)73)90-23-15(54)16(55)36(67)86-29(23)33(61)62/h4-31,36-58,67H,1-3H2,(H,59,60)(H,61,62)(H,63,64)(H,65,66)(H,68,69,70)(H,71,72,73)(H,74,75,76)(H,77,78,79)(H,80,81,82)/t4-,5-,6-,7-,8-,9-,10-,11-,12-,13+,14+,15-,16-,17-,18+,19+,20-,21-,22-,23+,24+,25+,26+,27-,28-,29+,30-,31-,36-,37-,38-,39-,40-,41-,42-/m1/s1. The summed E-state index contributed by atoms with van der Waals surface area (Å²) in [6.45, 7) is -4.67. The van der Waals surface area contributed by atoms with Crippen LogP contribution in [-0.2, 0) is 141 Å². The number of carboxylic acid groups (broad SMARTS) is 4. The van der Waals surface area contributed by atoms with E-state index in [1.807, 2.05) is 0 Å². The Kier molecular flexibility index (Phi) is 27.9. The molecule has 7 aliphatic heterocycles. The van der Waals surface area contributed by atoms with Gasteiger partial charge in [0.15, 0.2) is 80.7 Å². The smallest absolute Gasteiger partial charge is 0.397 e. The lowest BCUT2D eigenvalue weighted by Crippen LogP contribution is -2.71. The van der Waals surface area contributed by atoms with Crippen molar-refractivity contribution in [3.63, 3.8) is 0 Å². The van der Waals surface area contributed by atoms with Crippen molar-refractivity contribution in [1.29, 1.82) is 0 Å². The van der Waals surface area contributed by atoms with Gasteiger partial charge in [-0.15, -0.1) is 0 Å². The minimum Gasteiger partial charge on any atom is -0.479 e. The van der Waals surface area contributed by atoms with Crippen LogP contribution in [0.4, 0.5) is 0 Å². The fourth-order valence-electron chi connectivity index (χ4n) is 11.3. The summed E-state index contributed by atoms with van der Waals surface area (Å²) >= 11 is 0. The van der Waals surface area contributed by atoms with Crippen LogP contribution in [0.3, 0.4) is 0 Å². The molecular weight excluding hydrogens is 1540 g/mol. The van der Waals surface area contributed by atoms with Crippen molar-refractivity contribution in [2.75, 3.05) is 19.8 Å². The zero-order chi connectivity index (χ0) is 76.9. The average Bonchev–Trinajstić information content (AvgIpc) is 0.763. The van der Waals surface area contributed by atoms with E-state index in [9.17, 15) is 176 Å². The summed E-state index contributed by atoms with van der Waals surface area (Å²) in [6.07, 6.45) is -86.8. The molecule has 0 saturated carbocycles. The Morgan fingerprint density at radius 2 is 0.569 bits per heavy atom. The number of rotatable bonds is 29. The Balaban J connectivity index is 1.17. The summed E-state index contributed by atoms with van der Waals surface area (Å²) in [7, 11) is -29.6. The molecule has 0 unspecified atom stereocenters. The molecule has 26 N–H and O–H groups in total. The van der Waals surface area contributed by atoms with E-state index in [4.69, 9.17) is 61.6 Å². The maximum absolute atomic E-state index is 13.0. The molecule has 102 heavy (non-hydrogen) atoms. The van der Waals surface area contributed by atoms with Crippen LogP contribution >= 0.6 is 0 Å². The maximum atomic E-state index is 13.0. The van der Waals surface area contributed by atoms with E-state index in [0.717, 1.165) is 0 Å². The lowest BCUT2D eigenvalue weighted by molar-refractivity contribution is -0.378. The van der Waals surface area contributed by atoms with Crippen molar-refractivity contribution < 1.29 is 246 Å². The van der Waals surface area contributed by atoms with Crippen LogP contribution in [0.5, 0.6) is 0 Å². The number of aliphatic hydroxyl groups excluding tert-OH is 14. The highest BCUT2D eigenvalue weighted by Gasteiger charge is 2.63. The summed E-state index contributed by atoms with van der Waals surface area (Å²) in [5.74, 6) is -8.85. The molecule has 592 valence electrons. The average molecular weight is 1610 g/mol. The highest BCUT2D eigenvalue weighted by atomic mass is 32.3. The molecule has 0 bridgehead atoms. The van der Waals surface area contributed by atoms with Crippen LogP contribution < -0.4 is 14.2 Å². The molecule has 60 heteroatoms. The molecule has 0 aliphatic carbocycles. The molecule has 35 atom stereocenters. The highest BCUT2D eigenvalue weighted by molar-refractivity contribution is 7.84. The Bertz CT molecular complexity index is 3510. The fraction of sp³-hybridized carbons (Fsp3) is 0.905. The van der Waals surface area contributed by atoms with Gasteiger partial charge in [-0.25, -0.2) is 27.5 Å². The van der Waals surface area contributed by atoms with Crippen LogP contribution in [0.2, 0.25) is 0 Å². The van der Waals surface area contributed by atoms with E-state index < -0.39 is 310 Å². The number of ether oxygens (including phenoxy) is 13. The Labute approximate surface area is 568 Å². The van der Waals surface area contributed by atoms with E-state index in [0.29, 0.717) is 0 Å². The molecular formula is C42H67N3O52S5. The number of carbonyl (C=O) groups is 4. The number of hydrogen-bond acceptors (Lipinski definition) is 43. The van der Waals surface area contributed by atoms with E-state index >= 15 is 0 Å². The van der Waals surface area contributed by atoms with Crippen LogP contribution in [0.1, 0.15) is 0 Å². The first kappa shape index (κ1) is 85.4. The predicted molar refractivity (Wildman–Crippen MR) is 292 cm³/mol. The summed E-state index contributed by atoms with van der Waals surface area (Å²) in [5.41, 5.74) is 0. The van der Waals surface area contributed by atoms with E-state index in [2.05, 4.69) is 8.37 Å². The lowest BCUT2D eigenvalue weighted by atomic mass is 9.94. The molecule has 7 aliphatic rings. The molecule has 7 heterocycles. The van der Waals surface area contributed by atoms with Gasteiger partial charge in [0.05, 0.1) is 19.8 Å². The number of nitrogens with one attached hydrogen (secondary N) is 3. The monoisotopic (exact) mass is 1610 g/mol. The molecule has 55 nitrogen and oxygen atoms in total. The second-order valence-corrected chi connectivity index (χ2v) is 28.2. The van der Waals surface area contributed by atoms with E-state index in [1.165, 1.54) is 14.2 Å². The van der Waals surface area contributed by atoms with Crippen LogP contribution in [0, 0.1) is 0 Å². The first-order valence-corrected chi connectivity index (χ1v) is 35.3. The normalized spacial score (nSPS) is 44.3. The largest absolute Gasteiger partial charge is 0.479 e. The summed E-state index contributed by atoms with van der Waals surface area (Å²) in [5, 5.41) is 192.